The highest BCUT2D eigenvalue weighted by Gasteiger charge is 1.93. The van der Waals surface area contributed by atoms with Crippen LogP contribution in [0.4, 0.5) is 0 Å². The first kappa shape index (κ1) is 21.1. The summed E-state index contributed by atoms with van der Waals surface area (Å²) in [4.78, 5) is 0. The number of nitrogens with two attached hydrogens (primary N) is 1. The summed E-state index contributed by atoms with van der Waals surface area (Å²) >= 11 is 0. The standard InChI is InChI=1S/C3H9NO.C3H8O3.C3H8O2/c1-3(4)2-5;4-1-3(6)2-5;1-3(5)2-4/h3,5H,2,4H2,1H3;3-6H,1-2H2;3-5H,2H2,1H3. The van der Waals surface area contributed by atoms with Gasteiger partial charge in [0.25, 0.3) is 0 Å². The molecule has 0 aromatic carbocycles. The molecule has 0 aliphatic rings. The molecule has 2 unspecified atom stereocenters. The smallest absolute Gasteiger partial charge is 0.100 e. The van der Waals surface area contributed by atoms with Crippen LogP contribution in [0.1, 0.15) is 13.8 Å². The molecule has 0 bridgehead atoms. The summed E-state index contributed by atoms with van der Waals surface area (Å²) in [7, 11) is 0. The lowest BCUT2D eigenvalue weighted by molar-refractivity contribution is 0.0450. The second-order valence-corrected chi connectivity index (χ2v) is 3.21. The summed E-state index contributed by atoms with van der Waals surface area (Å²) in [5.74, 6) is 0. The molecule has 0 aliphatic heterocycles. The molecule has 0 amide bonds. The Morgan fingerprint density at radius 2 is 1.06 bits per heavy atom. The van der Waals surface area contributed by atoms with Gasteiger partial charge in [0, 0.05) is 6.04 Å². The fraction of sp³-hybridized carbons (Fsp3) is 1.00. The summed E-state index contributed by atoms with van der Waals surface area (Å²) in [5, 5.41) is 48.0. The molecule has 0 aliphatic carbocycles. The number of rotatable bonds is 4. The first-order valence-corrected chi connectivity index (χ1v) is 4.90. The molecular formula is C9H25NO6. The maximum absolute atomic E-state index is 8.17. The van der Waals surface area contributed by atoms with Crippen LogP contribution in [0.15, 0.2) is 0 Å². The topological polar surface area (TPSA) is 147 Å². The fourth-order valence-electron chi connectivity index (χ4n) is 0.0577. The third kappa shape index (κ3) is 37.2. The minimum atomic E-state index is -0.954. The van der Waals surface area contributed by atoms with E-state index < -0.39 is 12.2 Å². The Kier molecular flexibility index (Phi) is 22.5. The van der Waals surface area contributed by atoms with Crippen molar-refractivity contribution in [2.45, 2.75) is 32.1 Å². The van der Waals surface area contributed by atoms with Crippen molar-refractivity contribution in [2.75, 3.05) is 26.4 Å². The highest BCUT2D eigenvalue weighted by Crippen LogP contribution is 1.71. The summed E-state index contributed by atoms with van der Waals surface area (Å²) in [6, 6.07) is -0.0602. The van der Waals surface area contributed by atoms with Crippen LogP contribution in [-0.2, 0) is 0 Å². The van der Waals surface area contributed by atoms with Gasteiger partial charge in [-0.15, -0.1) is 0 Å². The van der Waals surface area contributed by atoms with E-state index in [2.05, 4.69) is 0 Å². The van der Waals surface area contributed by atoms with E-state index in [1.807, 2.05) is 0 Å². The molecule has 7 heteroatoms. The van der Waals surface area contributed by atoms with Gasteiger partial charge in [0.2, 0.25) is 0 Å². The molecule has 7 nitrogen and oxygen atoms in total. The molecule has 16 heavy (non-hydrogen) atoms. The van der Waals surface area contributed by atoms with Crippen LogP contribution >= 0.6 is 0 Å². The molecule has 8 N–H and O–H groups in total. The molecule has 0 radical (unpaired) electrons. The zero-order chi connectivity index (χ0) is 13.6. The van der Waals surface area contributed by atoms with Crippen molar-refractivity contribution in [2.24, 2.45) is 5.73 Å². The van der Waals surface area contributed by atoms with Gasteiger partial charge in [0.05, 0.1) is 32.5 Å². The third-order valence-electron chi connectivity index (χ3n) is 0.974. The predicted octanol–water partition coefficient (Wildman–Crippen LogP) is -2.98. The molecule has 0 heterocycles. The lowest BCUT2D eigenvalue weighted by Gasteiger charge is -1.96. The van der Waals surface area contributed by atoms with E-state index in [0.717, 1.165) is 0 Å². The Morgan fingerprint density at radius 3 is 1.06 bits per heavy atom. The van der Waals surface area contributed by atoms with Crippen LogP contribution in [0.3, 0.4) is 0 Å². The Balaban J connectivity index is -0.000000160. The molecule has 2 atom stereocenters. The SMILES string of the molecule is CC(N)CO.CC(O)CO.OCC(O)CO. The van der Waals surface area contributed by atoms with Crippen molar-refractivity contribution in [1.82, 2.24) is 0 Å². The van der Waals surface area contributed by atoms with Crippen LogP contribution in [-0.4, -0.2) is 75.3 Å². The van der Waals surface area contributed by atoms with Crippen LogP contribution in [0.2, 0.25) is 0 Å². The van der Waals surface area contributed by atoms with Gasteiger partial charge in [-0.25, -0.2) is 0 Å². The van der Waals surface area contributed by atoms with Gasteiger partial charge in [-0.2, -0.15) is 0 Å². The van der Waals surface area contributed by atoms with E-state index in [1.165, 1.54) is 6.92 Å². The van der Waals surface area contributed by atoms with Gasteiger partial charge in [-0.1, -0.05) is 0 Å². The van der Waals surface area contributed by atoms with Crippen LogP contribution in [0.5, 0.6) is 0 Å². The Morgan fingerprint density at radius 1 is 0.812 bits per heavy atom. The van der Waals surface area contributed by atoms with Gasteiger partial charge in [0.15, 0.2) is 0 Å². The van der Waals surface area contributed by atoms with Crippen molar-refractivity contribution < 1.29 is 30.6 Å². The summed E-state index contributed by atoms with van der Waals surface area (Å²) in [6.07, 6.45) is -1.51. The molecule has 0 rings (SSSR count). The monoisotopic (exact) mass is 243 g/mol. The molecule has 0 aromatic heterocycles. The van der Waals surface area contributed by atoms with Gasteiger partial charge < -0.3 is 36.4 Å². The van der Waals surface area contributed by atoms with Crippen molar-refractivity contribution >= 4 is 0 Å². The molecule has 0 fully saturated rings. The quantitative estimate of drug-likeness (QED) is 0.278. The van der Waals surface area contributed by atoms with Gasteiger partial charge in [-0.3, -0.25) is 0 Å². The van der Waals surface area contributed by atoms with E-state index in [9.17, 15) is 0 Å². The molecule has 0 spiro atoms. The zero-order valence-corrected chi connectivity index (χ0v) is 9.82. The summed E-state index contributed by atoms with van der Waals surface area (Å²) < 4.78 is 0. The highest BCUT2D eigenvalue weighted by atomic mass is 16.3. The second-order valence-electron chi connectivity index (χ2n) is 3.21. The molecule has 0 saturated carbocycles. The van der Waals surface area contributed by atoms with Gasteiger partial charge >= 0.3 is 0 Å². The number of hydrogen-bond donors (Lipinski definition) is 7. The van der Waals surface area contributed by atoms with E-state index in [1.54, 1.807) is 6.92 Å². The fourth-order valence-corrected chi connectivity index (χ4v) is 0.0577. The maximum Gasteiger partial charge on any atom is 0.100 e. The van der Waals surface area contributed by atoms with Crippen molar-refractivity contribution in [3.8, 4) is 0 Å². The van der Waals surface area contributed by atoms with E-state index in [-0.39, 0.29) is 32.5 Å². The van der Waals surface area contributed by atoms with Crippen LogP contribution in [0, 0.1) is 0 Å². The average Bonchev–Trinajstić information content (AvgIpc) is 2.29. The number of hydrogen-bond acceptors (Lipinski definition) is 7. The molecule has 0 saturated heterocycles. The van der Waals surface area contributed by atoms with E-state index in [0.29, 0.717) is 0 Å². The van der Waals surface area contributed by atoms with Crippen molar-refractivity contribution in [1.29, 1.82) is 0 Å². The van der Waals surface area contributed by atoms with Gasteiger partial charge in [0.1, 0.15) is 6.10 Å². The van der Waals surface area contributed by atoms with Crippen LogP contribution in [0.25, 0.3) is 0 Å². The molecule has 0 aromatic rings. The Labute approximate surface area is 95.8 Å². The van der Waals surface area contributed by atoms with Crippen LogP contribution < -0.4 is 5.73 Å². The van der Waals surface area contributed by atoms with Gasteiger partial charge in [-0.05, 0) is 13.8 Å². The van der Waals surface area contributed by atoms with E-state index >= 15 is 0 Å². The Bertz CT molecular complexity index is 100. The first-order chi connectivity index (χ1) is 7.35. The number of aliphatic hydroxyl groups excluding tert-OH is 6. The highest BCUT2D eigenvalue weighted by molar-refractivity contribution is 4.44. The first-order valence-electron chi connectivity index (χ1n) is 4.90. The maximum atomic E-state index is 8.17. The largest absolute Gasteiger partial charge is 0.395 e. The number of aliphatic hydroxyl groups is 6. The molecule has 102 valence electrons. The van der Waals surface area contributed by atoms with Crippen molar-refractivity contribution in [3.05, 3.63) is 0 Å². The molecular weight excluding hydrogens is 218 g/mol. The lowest BCUT2D eigenvalue weighted by atomic mass is 10.4. The lowest BCUT2D eigenvalue weighted by Crippen LogP contribution is -2.18. The average molecular weight is 243 g/mol. The summed E-state index contributed by atoms with van der Waals surface area (Å²) in [6.45, 7) is 2.49. The minimum absolute atomic E-state index is 0.0602. The normalized spacial score (nSPS) is 13.1. The predicted molar refractivity (Wildman–Crippen MR) is 59.7 cm³/mol. The third-order valence-corrected chi connectivity index (χ3v) is 0.974. The van der Waals surface area contributed by atoms with Crippen molar-refractivity contribution in [3.63, 3.8) is 0 Å². The summed E-state index contributed by atoms with van der Waals surface area (Å²) in [5.41, 5.74) is 5.04. The van der Waals surface area contributed by atoms with E-state index in [4.69, 9.17) is 36.4 Å². The minimum Gasteiger partial charge on any atom is -0.395 e. The zero-order valence-electron chi connectivity index (χ0n) is 9.82. The second kappa shape index (κ2) is 17.1. The Hall–Kier alpha value is -0.280.